The lowest BCUT2D eigenvalue weighted by atomic mass is 10.1. The van der Waals surface area contributed by atoms with E-state index in [9.17, 15) is 34.8 Å². The van der Waals surface area contributed by atoms with Gasteiger partial charge >= 0.3 is 12.5 Å². The van der Waals surface area contributed by atoms with E-state index in [0.29, 0.717) is 23.2 Å². The first-order valence-corrected chi connectivity index (χ1v) is 12.5. The van der Waals surface area contributed by atoms with Gasteiger partial charge in [-0.15, -0.1) is 25.6 Å². The third kappa shape index (κ3) is 6.72. The van der Waals surface area contributed by atoms with Gasteiger partial charge in [0.2, 0.25) is 0 Å². The molecular weight excluding hydrogens is 595 g/mol. The van der Waals surface area contributed by atoms with E-state index in [2.05, 4.69) is 15.4 Å². The van der Waals surface area contributed by atoms with E-state index in [-0.39, 0.29) is 33.5 Å². The first-order valence-electron chi connectivity index (χ1n) is 10.7. The van der Waals surface area contributed by atoms with Gasteiger partial charge in [0.05, 0.1) is 26.7 Å². The number of ether oxygens (including phenoxy) is 1. The van der Waals surface area contributed by atoms with Crippen LogP contribution >= 0.6 is 24.0 Å². The number of anilines is 2. The SMILES string of the molecule is CNCc1cn(S(=O)(=O)c2ccc(OC(F)(F)F)cc2)c2cc(Nc3ccc(C(F)(F)F)cc3Cl)ccc12.Cl. The van der Waals surface area contributed by atoms with E-state index in [1.54, 1.807) is 19.2 Å². The van der Waals surface area contributed by atoms with Crippen LogP contribution < -0.4 is 15.4 Å². The fraction of sp³-hybridized carbons (Fsp3) is 0.167. The van der Waals surface area contributed by atoms with Gasteiger partial charge in [-0.25, -0.2) is 12.4 Å². The summed E-state index contributed by atoms with van der Waals surface area (Å²) in [5, 5.41) is 6.18. The van der Waals surface area contributed by atoms with E-state index in [1.807, 2.05) is 0 Å². The molecule has 15 heteroatoms. The van der Waals surface area contributed by atoms with Crippen molar-refractivity contribution in [2.45, 2.75) is 24.0 Å². The molecule has 0 radical (unpaired) electrons. The summed E-state index contributed by atoms with van der Waals surface area (Å²) in [7, 11) is -2.60. The van der Waals surface area contributed by atoms with Crippen LogP contribution in [0.2, 0.25) is 5.02 Å². The van der Waals surface area contributed by atoms with Crippen molar-refractivity contribution < 1.29 is 39.5 Å². The van der Waals surface area contributed by atoms with Crippen molar-refractivity contribution >= 4 is 56.3 Å². The van der Waals surface area contributed by atoms with E-state index in [1.165, 1.54) is 12.3 Å². The van der Waals surface area contributed by atoms with Gasteiger partial charge in [0.1, 0.15) is 5.75 Å². The molecule has 0 spiro atoms. The van der Waals surface area contributed by atoms with E-state index in [4.69, 9.17) is 11.6 Å². The summed E-state index contributed by atoms with van der Waals surface area (Å²) in [4.78, 5) is -0.288. The van der Waals surface area contributed by atoms with Crippen LogP contribution in [0.25, 0.3) is 10.9 Å². The standard InChI is InChI=1S/C24H18ClF6N3O3S.ClH/c1-32-12-14-13-34(38(35,36)18-6-4-17(5-7-18)37-24(29,30)31)22-11-16(3-8-19(14)22)33-21-9-2-15(10-20(21)25)23(26,27)28;/h2-11,13,32-33H,12H2,1H3;1H. The highest BCUT2D eigenvalue weighted by Crippen LogP contribution is 2.36. The number of nitrogens with one attached hydrogen (secondary N) is 2. The van der Waals surface area contributed by atoms with Gasteiger partial charge in [-0.1, -0.05) is 17.7 Å². The Bertz CT molecular complexity index is 1590. The largest absolute Gasteiger partial charge is 0.573 e. The molecule has 0 atom stereocenters. The lowest BCUT2D eigenvalue weighted by Crippen LogP contribution is -2.17. The Hall–Kier alpha value is -3.13. The zero-order valence-electron chi connectivity index (χ0n) is 19.7. The summed E-state index contributed by atoms with van der Waals surface area (Å²) in [5.41, 5.74) is 0.405. The molecule has 0 amide bonds. The Labute approximate surface area is 230 Å². The van der Waals surface area contributed by atoms with Crippen LogP contribution in [-0.4, -0.2) is 25.8 Å². The van der Waals surface area contributed by atoms with Gasteiger partial charge in [0, 0.05) is 23.8 Å². The summed E-state index contributed by atoms with van der Waals surface area (Å²) in [6, 6.07) is 11.3. The molecule has 0 saturated carbocycles. The van der Waals surface area contributed by atoms with Crippen LogP contribution in [0.5, 0.6) is 5.75 Å². The quantitative estimate of drug-likeness (QED) is 0.213. The zero-order valence-corrected chi connectivity index (χ0v) is 22.1. The van der Waals surface area contributed by atoms with Gasteiger partial charge < -0.3 is 15.4 Å². The van der Waals surface area contributed by atoms with E-state index < -0.39 is 33.9 Å². The minimum atomic E-state index is -4.93. The van der Waals surface area contributed by atoms with Crippen molar-refractivity contribution in [3.8, 4) is 5.75 Å². The van der Waals surface area contributed by atoms with Crippen molar-refractivity contribution in [2.75, 3.05) is 12.4 Å². The zero-order chi connectivity index (χ0) is 27.9. The second kappa shape index (κ2) is 11.2. The van der Waals surface area contributed by atoms with E-state index in [0.717, 1.165) is 46.4 Å². The minimum Gasteiger partial charge on any atom is -0.406 e. The van der Waals surface area contributed by atoms with Crippen LogP contribution in [0.4, 0.5) is 37.7 Å². The molecule has 3 aromatic carbocycles. The van der Waals surface area contributed by atoms with Crippen molar-refractivity contribution in [2.24, 2.45) is 0 Å². The third-order valence-corrected chi connectivity index (χ3v) is 7.41. The lowest BCUT2D eigenvalue weighted by Gasteiger charge is -2.13. The summed E-state index contributed by atoms with van der Waals surface area (Å²) in [6.45, 7) is 0.300. The van der Waals surface area contributed by atoms with E-state index >= 15 is 0 Å². The molecule has 4 aromatic rings. The molecular formula is C24H19Cl2F6N3O3S. The maximum Gasteiger partial charge on any atom is 0.573 e. The first-order chi connectivity index (χ1) is 17.7. The topological polar surface area (TPSA) is 72.4 Å². The molecule has 0 aliphatic carbocycles. The number of nitrogens with zero attached hydrogens (tertiary/aromatic N) is 1. The average Bonchev–Trinajstić information content (AvgIpc) is 3.18. The normalized spacial score (nSPS) is 12.3. The number of hydrogen-bond donors (Lipinski definition) is 2. The summed E-state index contributed by atoms with van der Waals surface area (Å²) in [6.07, 6.45) is -8.12. The molecule has 4 rings (SSSR count). The second-order valence-corrected chi connectivity index (χ2v) is 10.3. The molecule has 0 saturated heterocycles. The van der Waals surface area contributed by atoms with Gasteiger partial charge in [0.25, 0.3) is 10.0 Å². The molecule has 1 heterocycles. The monoisotopic (exact) mass is 613 g/mol. The Kier molecular flexibility index (Phi) is 8.70. The maximum atomic E-state index is 13.4. The Balaban J connectivity index is 0.00000420. The van der Waals surface area contributed by atoms with Gasteiger partial charge in [-0.05, 0) is 67.2 Å². The molecule has 0 aliphatic heterocycles. The molecule has 1 aromatic heterocycles. The molecule has 210 valence electrons. The summed E-state index contributed by atoms with van der Waals surface area (Å²) < 4.78 is 108. The fourth-order valence-electron chi connectivity index (χ4n) is 3.75. The molecule has 0 bridgehead atoms. The summed E-state index contributed by atoms with van der Waals surface area (Å²) >= 11 is 6.03. The predicted octanol–water partition coefficient (Wildman–Crippen LogP) is 7.33. The number of aromatic nitrogens is 1. The Morgan fingerprint density at radius 1 is 0.949 bits per heavy atom. The van der Waals surface area contributed by atoms with Crippen LogP contribution in [0.1, 0.15) is 11.1 Å². The third-order valence-electron chi connectivity index (χ3n) is 5.41. The highest BCUT2D eigenvalue weighted by molar-refractivity contribution is 7.90. The summed E-state index contributed by atoms with van der Waals surface area (Å²) in [5.74, 6) is -0.579. The minimum absolute atomic E-state index is 0. The van der Waals surface area contributed by atoms with Crippen LogP contribution in [0.15, 0.2) is 71.8 Å². The van der Waals surface area contributed by atoms with Crippen LogP contribution in [-0.2, 0) is 22.7 Å². The number of benzene rings is 3. The highest BCUT2D eigenvalue weighted by atomic mass is 35.5. The highest BCUT2D eigenvalue weighted by Gasteiger charge is 2.32. The lowest BCUT2D eigenvalue weighted by molar-refractivity contribution is -0.274. The smallest absolute Gasteiger partial charge is 0.406 e. The van der Waals surface area contributed by atoms with Gasteiger partial charge in [-0.3, -0.25) is 0 Å². The van der Waals surface area contributed by atoms with Crippen molar-refractivity contribution in [1.82, 2.24) is 9.29 Å². The molecule has 39 heavy (non-hydrogen) atoms. The molecule has 0 fully saturated rings. The first kappa shape index (κ1) is 30.4. The predicted molar refractivity (Wildman–Crippen MR) is 137 cm³/mol. The molecule has 0 unspecified atom stereocenters. The molecule has 0 aliphatic rings. The molecule has 2 N–H and O–H groups in total. The van der Waals surface area contributed by atoms with Crippen molar-refractivity contribution in [3.63, 3.8) is 0 Å². The fourth-order valence-corrected chi connectivity index (χ4v) is 5.36. The second-order valence-electron chi connectivity index (χ2n) is 8.05. The van der Waals surface area contributed by atoms with Gasteiger partial charge in [0.15, 0.2) is 0 Å². The number of halogens is 8. The van der Waals surface area contributed by atoms with Gasteiger partial charge in [-0.2, -0.15) is 13.2 Å². The van der Waals surface area contributed by atoms with Crippen LogP contribution in [0, 0.1) is 0 Å². The Morgan fingerprint density at radius 2 is 1.62 bits per heavy atom. The number of hydrogen-bond acceptors (Lipinski definition) is 5. The Morgan fingerprint density at radius 3 is 2.18 bits per heavy atom. The maximum absolute atomic E-state index is 13.4. The number of fused-ring (bicyclic) bond motifs is 1. The number of alkyl halides is 6. The van der Waals surface area contributed by atoms with Crippen LogP contribution in [0.3, 0.4) is 0 Å². The van der Waals surface area contributed by atoms with Crippen molar-refractivity contribution in [3.05, 3.63) is 83.0 Å². The number of rotatable bonds is 7. The van der Waals surface area contributed by atoms with Crippen molar-refractivity contribution in [1.29, 1.82) is 0 Å². The molecule has 6 nitrogen and oxygen atoms in total. The average molecular weight is 614 g/mol.